The van der Waals surface area contributed by atoms with E-state index in [0.29, 0.717) is 17.0 Å². The molecule has 29 heavy (non-hydrogen) atoms. The molecule has 0 unspecified atom stereocenters. The predicted molar refractivity (Wildman–Crippen MR) is 101 cm³/mol. The molecule has 0 aliphatic rings. The molecule has 0 saturated heterocycles. The van der Waals surface area contributed by atoms with E-state index in [1.165, 1.54) is 6.07 Å². The number of hydrogen-bond donors (Lipinski definition) is 1. The van der Waals surface area contributed by atoms with Crippen LogP contribution in [0.2, 0.25) is 0 Å². The predicted octanol–water partition coefficient (Wildman–Crippen LogP) is 2.39. The van der Waals surface area contributed by atoms with Gasteiger partial charge in [0.1, 0.15) is 11.3 Å². The van der Waals surface area contributed by atoms with Crippen LogP contribution in [0, 0.1) is 6.92 Å². The summed E-state index contributed by atoms with van der Waals surface area (Å²) in [6, 6.07) is 12.0. The van der Waals surface area contributed by atoms with Crippen LogP contribution in [0.1, 0.15) is 27.8 Å². The highest BCUT2D eigenvalue weighted by Gasteiger charge is 2.15. The van der Waals surface area contributed by atoms with Crippen molar-refractivity contribution < 1.29 is 18.5 Å². The Kier molecular flexibility index (Phi) is 5.02. The highest BCUT2D eigenvalue weighted by molar-refractivity contribution is 5.89. The van der Waals surface area contributed by atoms with Gasteiger partial charge in [0.2, 0.25) is 5.82 Å². The van der Waals surface area contributed by atoms with Crippen LogP contribution in [0.4, 0.5) is 0 Å². The minimum atomic E-state index is -0.502. The second-order valence-corrected chi connectivity index (χ2v) is 6.21. The van der Waals surface area contributed by atoms with Crippen LogP contribution < -0.4 is 15.7 Å². The van der Waals surface area contributed by atoms with Gasteiger partial charge >= 0.3 is 17.4 Å². The monoisotopic (exact) mass is 392 g/mol. The molecule has 3 heterocycles. The molecule has 9 nitrogen and oxygen atoms in total. The number of aryl methyl sites for hydroxylation is 1. The van der Waals surface area contributed by atoms with Gasteiger partial charge in [0.25, 0.3) is 0 Å². The Labute approximate surface area is 164 Å². The van der Waals surface area contributed by atoms with Crippen LogP contribution in [-0.4, -0.2) is 21.0 Å². The molecule has 0 saturated carbocycles. The van der Waals surface area contributed by atoms with E-state index in [9.17, 15) is 9.59 Å². The average molecular weight is 392 g/mol. The van der Waals surface area contributed by atoms with Gasteiger partial charge in [-0.3, -0.25) is 9.78 Å². The number of rotatable bonds is 6. The van der Waals surface area contributed by atoms with E-state index in [0.717, 1.165) is 10.9 Å². The summed E-state index contributed by atoms with van der Waals surface area (Å²) in [4.78, 5) is 31.8. The first-order valence-electron chi connectivity index (χ1n) is 8.76. The zero-order chi connectivity index (χ0) is 20.2. The van der Waals surface area contributed by atoms with Crippen LogP contribution in [0.25, 0.3) is 11.0 Å². The van der Waals surface area contributed by atoms with Crippen molar-refractivity contribution in [3.8, 4) is 5.75 Å². The molecule has 0 radical (unpaired) electrons. The summed E-state index contributed by atoms with van der Waals surface area (Å²) < 4.78 is 15.8. The summed E-state index contributed by atoms with van der Waals surface area (Å²) in [5, 5.41) is 7.21. The van der Waals surface area contributed by atoms with E-state index in [-0.39, 0.29) is 24.9 Å². The average Bonchev–Trinajstić information content (AvgIpc) is 3.20. The smallest absolute Gasteiger partial charge is 0.336 e. The Morgan fingerprint density at radius 2 is 2.10 bits per heavy atom. The molecule has 1 aromatic carbocycles. The van der Waals surface area contributed by atoms with Crippen molar-refractivity contribution in [1.29, 1.82) is 0 Å². The number of ether oxygens (including phenoxy) is 1. The van der Waals surface area contributed by atoms with Crippen molar-refractivity contribution in [3.63, 3.8) is 0 Å². The summed E-state index contributed by atoms with van der Waals surface area (Å²) in [6.45, 7) is 2.06. The van der Waals surface area contributed by atoms with Gasteiger partial charge < -0.3 is 19.0 Å². The number of hydrogen-bond acceptors (Lipinski definition) is 8. The van der Waals surface area contributed by atoms with E-state index in [1.54, 1.807) is 36.5 Å². The Morgan fingerprint density at radius 3 is 2.93 bits per heavy atom. The lowest BCUT2D eigenvalue weighted by atomic mass is 10.1. The van der Waals surface area contributed by atoms with Gasteiger partial charge in [-0.15, -0.1) is 0 Å². The van der Waals surface area contributed by atoms with Gasteiger partial charge in [-0.05, 0) is 36.8 Å². The Hall–Kier alpha value is -4.01. The highest BCUT2D eigenvalue weighted by atomic mass is 16.5. The topological polar surface area (TPSA) is 120 Å². The molecule has 0 aliphatic heterocycles. The normalized spacial score (nSPS) is 10.8. The zero-order valence-corrected chi connectivity index (χ0v) is 15.4. The largest absolute Gasteiger partial charge is 0.485 e. The third-order valence-corrected chi connectivity index (χ3v) is 4.11. The lowest BCUT2D eigenvalue weighted by Crippen LogP contribution is -2.23. The molecule has 0 atom stereocenters. The summed E-state index contributed by atoms with van der Waals surface area (Å²) >= 11 is 0. The van der Waals surface area contributed by atoms with Crippen LogP contribution in [0.5, 0.6) is 5.75 Å². The standard InChI is InChI=1S/C20H16N4O5/c1-12-8-18(25)28-16-9-14(5-6-15(12)16)27-11-17-23-20(29-24-17)19(26)22-10-13-4-2-3-7-21-13/h2-9H,10-11H2,1H3,(H,22,26). The fourth-order valence-electron chi connectivity index (χ4n) is 2.70. The molecule has 3 aromatic heterocycles. The molecular formula is C20H16N4O5. The second kappa shape index (κ2) is 7.93. The molecule has 4 aromatic rings. The maximum absolute atomic E-state index is 12.1. The maximum atomic E-state index is 12.1. The minimum Gasteiger partial charge on any atom is -0.485 e. The van der Waals surface area contributed by atoms with Crippen molar-refractivity contribution in [2.24, 2.45) is 0 Å². The van der Waals surface area contributed by atoms with Gasteiger partial charge in [0, 0.05) is 23.7 Å². The molecule has 0 aliphatic carbocycles. The molecule has 0 spiro atoms. The number of benzene rings is 1. The van der Waals surface area contributed by atoms with Crippen molar-refractivity contribution in [2.75, 3.05) is 0 Å². The van der Waals surface area contributed by atoms with Crippen molar-refractivity contribution in [3.05, 3.63) is 82.1 Å². The number of amides is 1. The molecule has 4 rings (SSSR count). The number of nitrogens with one attached hydrogen (secondary N) is 1. The van der Waals surface area contributed by atoms with Gasteiger partial charge in [0.05, 0.1) is 12.2 Å². The molecule has 0 fully saturated rings. The first-order chi connectivity index (χ1) is 14.1. The maximum Gasteiger partial charge on any atom is 0.336 e. The number of aromatic nitrogens is 3. The lowest BCUT2D eigenvalue weighted by molar-refractivity contribution is 0.0906. The number of carbonyl (C=O) groups is 1. The summed E-state index contributed by atoms with van der Waals surface area (Å²) in [7, 11) is 0. The second-order valence-electron chi connectivity index (χ2n) is 6.21. The highest BCUT2D eigenvalue weighted by Crippen LogP contribution is 2.22. The van der Waals surface area contributed by atoms with Crippen molar-refractivity contribution in [2.45, 2.75) is 20.1 Å². The lowest BCUT2D eigenvalue weighted by Gasteiger charge is -2.05. The molecule has 146 valence electrons. The molecule has 0 bridgehead atoms. The van der Waals surface area contributed by atoms with Gasteiger partial charge in [-0.1, -0.05) is 11.2 Å². The molecular weight excluding hydrogens is 376 g/mol. The third-order valence-electron chi connectivity index (χ3n) is 4.11. The first kappa shape index (κ1) is 18.4. The summed E-state index contributed by atoms with van der Waals surface area (Å²) in [5.74, 6) is 0.00741. The van der Waals surface area contributed by atoms with Crippen LogP contribution in [0.15, 0.2) is 62.4 Å². The summed E-state index contributed by atoms with van der Waals surface area (Å²) in [5.41, 5.74) is 1.53. The SMILES string of the molecule is Cc1cc(=O)oc2cc(OCc3noc(C(=O)NCc4ccccn4)n3)ccc12. The van der Waals surface area contributed by atoms with Crippen molar-refractivity contribution >= 4 is 16.9 Å². The van der Waals surface area contributed by atoms with E-state index in [4.69, 9.17) is 13.7 Å². The molecule has 1 N–H and O–H groups in total. The molecule has 9 heteroatoms. The van der Waals surface area contributed by atoms with Gasteiger partial charge in [-0.25, -0.2) is 4.79 Å². The van der Waals surface area contributed by atoms with Gasteiger partial charge in [0.15, 0.2) is 6.61 Å². The number of pyridine rings is 1. The first-order valence-corrected chi connectivity index (χ1v) is 8.76. The Balaban J connectivity index is 1.38. The quantitative estimate of drug-likeness (QED) is 0.497. The van der Waals surface area contributed by atoms with E-state index >= 15 is 0 Å². The molecule has 1 amide bonds. The van der Waals surface area contributed by atoms with Crippen LogP contribution in [0.3, 0.4) is 0 Å². The van der Waals surface area contributed by atoms with E-state index in [2.05, 4.69) is 20.4 Å². The Bertz CT molecular complexity index is 1220. The van der Waals surface area contributed by atoms with Crippen LogP contribution in [-0.2, 0) is 13.2 Å². The number of carbonyl (C=O) groups excluding carboxylic acids is 1. The van der Waals surface area contributed by atoms with E-state index in [1.807, 2.05) is 13.0 Å². The summed E-state index contributed by atoms with van der Waals surface area (Å²) in [6.07, 6.45) is 1.64. The van der Waals surface area contributed by atoms with Crippen molar-refractivity contribution in [1.82, 2.24) is 20.4 Å². The third kappa shape index (κ3) is 4.29. The van der Waals surface area contributed by atoms with E-state index < -0.39 is 11.5 Å². The fraction of sp³-hybridized carbons (Fsp3) is 0.150. The minimum absolute atomic E-state index is 0.0153. The Morgan fingerprint density at radius 1 is 1.21 bits per heavy atom. The zero-order valence-electron chi connectivity index (χ0n) is 15.4. The number of nitrogens with zero attached hydrogens (tertiary/aromatic N) is 3. The van der Waals surface area contributed by atoms with Crippen LogP contribution >= 0.6 is 0 Å². The number of fused-ring (bicyclic) bond motifs is 1. The fourth-order valence-corrected chi connectivity index (χ4v) is 2.70. The van der Waals surface area contributed by atoms with Gasteiger partial charge in [-0.2, -0.15) is 4.98 Å².